The third-order valence-electron chi connectivity index (χ3n) is 4.08. The first kappa shape index (κ1) is 20.0. The van der Waals surface area contributed by atoms with Crippen LogP contribution in [-0.2, 0) is 4.79 Å². The highest BCUT2D eigenvalue weighted by Crippen LogP contribution is 2.17. The van der Waals surface area contributed by atoms with Crippen molar-refractivity contribution in [3.8, 4) is 0 Å². The first-order valence-electron chi connectivity index (χ1n) is 8.71. The van der Waals surface area contributed by atoms with E-state index in [4.69, 9.17) is 11.6 Å². The molecule has 0 unspecified atom stereocenters. The summed E-state index contributed by atoms with van der Waals surface area (Å²) in [7, 11) is 0. The van der Waals surface area contributed by atoms with Crippen molar-refractivity contribution in [2.24, 2.45) is 5.92 Å². The summed E-state index contributed by atoms with van der Waals surface area (Å²) >= 11 is 5.86. The van der Waals surface area contributed by atoms with E-state index >= 15 is 0 Å². The summed E-state index contributed by atoms with van der Waals surface area (Å²) in [4.78, 5) is 25.2. The molecular formula is C21H25ClN2O2. The fraction of sp³-hybridized carbons (Fsp3) is 0.333. The van der Waals surface area contributed by atoms with E-state index in [2.05, 4.69) is 10.6 Å². The van der Waals surface area contributed by atoms with Crippen LogP contribution in [0.4, 0.5) is 5.69 Å². The van der Waals surface area contributed by atoms with E-state index in [1.54, 1.807) is 24.3 Å². The van der Waals surface area contributed by atoms with Gasteiger partial charge in [-0.1, -0.05) is 43.1 Å². The second-order valence-corrected chi connectivity index (χ2v) is 7.41. The lowest BCUT2D eigenvalue weighted by molar-refractivity contribution is -0.118. The molecule has 4 nitrogen and oxygen atoms in total. The minimum absolute atomic E-state index is 0.215. The van der Waals surface area contributed by atoms with E-state index in [-0.39, 0.29) is 17.7 Å². The van der Waals surface area contributed by atoms with Gasteiger partial charge in [-0.3, -0.25) is 9.59 Å². The van der Waals surface area contributed by atoms with Crippen LogP contribution >= 0.6 is 11.6 Å². The quantitative estimate of drug-likeness (QED) is 0.769. The average Bonchev–Trinajstić information content (AvgIpc) is 2.56. The van der Waals surface area contributed by atoms with Gasteiger partial charge in [-0.05, 0) is 62.1 Å². The van der Waals surface area contributed by atoms with Gasteiger partial charge < -0.3 is 10.6 Å². The second-order valence-electron chi connectivity index (χ2n) is 6.97. The maximum atomic E-state index is 12.8. The molecular weight excluding hydrogens is 348 g/mol. The van der Waals surface area contributed by atoms with E-state index in [1.165, 1.54) is 0 Å². The van der Waals surface area contributed by atoms with Crippen LogP contribution in [0.15, 0.2) is 42.5 Å². The molecule has 0 aromatic heterocycles. The molecule has 0 aliphatic rings. The fourth-order valence-electron chi connectivity index (χ4n) is 2.72. The molecule has 0 bridgehead atoms. The summed E-state index contributed by atoms with van der Waals surface area (Å²) in [6.07, 6.45) is 0.552. The number of anilines is 1. The fourth-order valence-corrected chi connectivity index (χ4v) is 2.85. The highest BCUT2D eigenvalue weighted by Gasteiger charge is 2.23. The lowest BCUT2D eigenvalue weighted by Crippen LogP contribution is -2.44. The predicted octanol–water partition coefficient (Wildman–Crippen LogP) is 4.74. The molecule has 0 saturated carbocycles. The van der Waals surface area contributed by atoms with Crippen LogP contribution in [0.2, 0.25) is 5.02 Å². The van der Waals surface area contributed by atoms with Crippen molar-refractivity contribution < 1.29 is 9.59 Å². The van der Waals surface area contributed by atoms with Crippen molar-refractivity contribution in [3.63, 3.8) is 0 Å². The van der Waals surface area contributed by atoms with Gasteiger partial charge in [-0.2, -0.15) is 0 Å². The van der Waals surface area contributed by atoms with Gasteiger partial charge in [0, 0.05) is 16.3 Å². The number of halogens is 1. The maximum Gasteiger partial charge on any atom is 0.251 e. The highest BCUT2D eigenvalue weighted by molar-refractivity contribution is 6.30. The number of carbonyl (C=O) groups is 2. The van der Waals surface area contributed by atoms with Gasteiger partial charge in [0.1, 0.15) is 6.04 Å². The standard InChI is InChI=1S/C21H25ClN2O2/c1-13(2)11-19(24-20(25)16-6-8-17(22)9-7-16)21(26)23-18-10-5-14(3)12-15(18)4/h5-10,12-13,19H,11H2,1-4H3,(H,23,26)(H,24,25)/t19-/m1/s1. The first-order chi connectivity index (χ1) is 12.3. The van der Waals surface area contributed by atoms with E-state index in [0.717, 1.165) is 16.8 Å². The summed E-state index contributed by atoms with van der Waals surface area (Å²) in [6.45, 7) is 8.00. The number of amides is 2. The highest BCUT2D eigenvalue weighted by atomic mass is 35.5. The van der Waals surface area contributed by atoms with Gasteiger partial charge in [0.2, 0.25) is 5.91 Å². The number of hydrogen-bond acceptors (Lipinski definition) is 2. The number of carbonyl (C=O) groups excluding carboxylic acids is 2. The molecule has 2 rings (SSSR count). The van der Waals surface area contributed by atoms with E-state index in [9.17, 15) is 9.59 Å². The van der Waals surface area contributed by atoms with Gasteiger partial charge >= 0.3 is 0 Å². The summed E-state index contributed by atoms with van der Waals surface area (Å²) in [6, 6.07) is 11.8. The van der Waals surface area contributed by atoms with Crippen LogP contribution in [0.25, 0.3) is 0 Å². The molecule has 26 heavy (non-hydrogen) atoms. The Bertz CT molecular complexity index is 785. The summed E-state index contributed by atoms with van der Waals surface area (Å²) < 4.78 is 0. The topological polar surface area (TPSA) is 58.2 Å². The monoisotopic (exact) mass is 372 g/mol. The minimum Gasteiger partial charge on any atom is -0.340 e. The normalized spacial score (nSPS) is 11.9. The molecule has 0 aliphatic carbocycles. The van der Waals surface area contributed by atoms with Gasteiger partial charge in [0.15, 0.2) is 0 Å². The van der Waals surface area contributed by atoms with Crippen LogP contribution in [-0.4, -0.2) is 17.9 Å². The van der Waals surface area contributed by atoms with Gasteiger partial charge in [-0.15, -0.1) is 0 Å². The second kappa shape index (κ2) is 8.86. The maximum absolute atomic E-state index is 12.8. The molecule has 2 aromatic carbocycles. The molecule has 1 atom stereocenters. The van der Waals surface area contributed by atoms with Crippen molar-refractivity contribution in [3.05, 3.63) is 64.2 Å². The Balaban J connectivity index is 2.13. The van der Waals surface area contributed by atoms with E-state index < -0.39 is 6.04 Å². The van der Waals surface area contributed by atoms with Gasteiger partial charge in [0.25, 0.3) is 5.91 Å². The lowest BCUT2D eigenvalue weighted by Gasteiger charge is -2.21. The number of benzene rings is 2. The Labute approximate surface area is 159 Å². The van der Waals surface area contributed by atoms with Crippen molar-refractivity contribution in [2.75, 3.05) is 5.32 Å². The van der Waals surface area contributed by atoms with Crippen LogP contribution < -0.4 is 10.6 Å². The van der Waals surface area contributed by atoms with Gasteiger partial charge in [0.05, 0.1) is 0 Å². The van der Waals surface area contributed by atoms with Gasteiger partial charge in [-0.25, -0.2) is 0 Å². The largest absolute Gasteiger partial charge is 0.340 e. The van der Waals surface area contributed by atoms with Crippen molar-refractivity contribution in [1.29, 1.82) is 0 Å². The van der Waals surface area contributed by atoms with Crippen molar-refractivity contribution in [2.45, 2.75) is 40.2 Å². The van der Waals surface area contributed by atoms with E-state index in [0.29, 0.717) is 17.0 Å². The Morgan fingerprint density at radius 2 is 1.69 bits per heavy atom. The number of rotatable bonds is 6. The number of aryl methyl sites for hydroxylation is 2. The summed E-state index contributed by atoms with van der Waals surface area (Å²) in [5, 5.41) is 6.34. The van der Waals surface area contributed by atoms with E-state index in [1.807, 2.05) is 45.9 Å². The molecule has 0 aliphatic heterocycles. The zero-order valence-electron chi connectivity index (χ0n) is 15.6. The van der Waals surface area contributed by atoms with Crippen LogP contribution in [0.1, 0.15) is 41.8 Å². The summed E-state index contributed by atoms with van der Waals surface area (Å²) in [5.41, 5.74) is 3.36. The molecule has 5 heteroatoms. The third-order valence-corrected chi connectivity index (χ3v) is 4.33. The Morgan fingerprint density at radius 1 is 1.04 bits per heavy atom. The van der Waals surface area contributed by atoms with Crippen molar-refractivity contribution in [1.82, 2.24) is 5.32 Å². The first-order valence-corrected chi connectivity index (χ1v) is 9.08. The zero-order chi connectivity index (χ0) is 19.3. The molecule has 2 N–H and O–H groups in total. The number of hydrogen-bond donors (Lipinski definition) is 2. The SMILES string of the molecule is Cc1ccc(NC(=O)[C@@H](CC(C)C)NC(=O)c2ccc(Cl)cc2)c(C)c1. The zero-order valence-corrected chi connectivity index (χ0v) is 16.4. The van der Waals surface area contributed by atoms with Crippen LogP contribution in [0.5, 0.6) is 0 Å². The predicted molar refractivity (Wildman–Crippen MR) is 107 cm³/mol. The third kappa shape index (κ3) is 5.60. The molecule has 0 heterocycles. The molecule has 0 fully saturated rings. The van der Waals surface area contributed by atoms with Crippen molar-refractivity contribution >= 4 is 29.1 Å². The molecule has 138 valence electrons. The molecule has 2 aromatic rings. The smallest absolute Gasteiger partial charge is 0.251 e. The Hall–Kier alpha value is -2.33. The lowest BCUT2D eigenvalue weighted by atomic mass is 10.0. The average molecular weight is 373 g/mol. The number of nitrogens with one attached hydrogen (secondary N) is 2. The van der Waals surface area contributed by atoms with Crippen LogP contribution in [0.3, 0.4) is 0 Å². The van der Waals surface area contributed by atoms with Crippen LogP contribution in [0, 0.1) is 19.8 Å². The molecule has 0 saturated heterocycles. The molecule has 0 radical (unpaired) electrons. The molecule has 0 spiro atoms. The Kier molecular flexibility index (Phi) is 6.81. The Morgan fingerprint density at radius 3 is 2.27 bits per heavy atom. The molecule has 2 amide bonds. The summed E-state index contributed by atoms with van der Waals surface area (Å²) in [5.74, 6) is -0.244. The minimum atomic E-state index is -0.612.